The first-order valence-electron chi connectivity index (χ1n) is 12.1. The lowest BCUT2D eigenvalue weighted by atomic mass is 9.85. The predicted molar refractivity (Wildman–Crippen MR) is 142 cm³/mol. The van der Waals surface area contributed by atoms with Gasteiger partial charge in [-0.25, -0.2) is 9.97 Å². The highest BCUT2D eigenvalue weighted by molar-refractivity contribution is 7.16. The Labute approximate surface area is 214 Å². The number of amides is 1. The van der Waals surface area contributed by atoms with Crippen molar-refractivity contribution in [3.63, 3.8) is 0 Å². The number of hydrogen-bond donors (Lipinski definition) is 1. The molecule has 8 nitrogen and oxygen atoms in total. The van der Waals surface area contributed by atoms with Gasteiger partial charge in [0.25, 0.3) is 5.91 Å². The highest BCUT2D eigenvalue weighted by atomic mass is 35.5. The number of likely N-dealkylation sites (tertiary alicyclic amines) is 1. The molecule has 0 radical (unpaired) electrons. The number of benzene rings is 1. The summed E-state index contributed by atoms with van der Waals surface area (Å²) in [4.78, 5) is 24.8. The number of halogens is 1. The minimum Gasteiger partial charge on any atom is -0.494 e. The fourth-order valence-corrected chi connectivity index (χ4v) is 6.08. The van der Waals surface area contributed by atoms with E-state index in [0.717, 1.165) is 54.1 Å². The maximum absolute atomic E-state index is 13.3. The van der Waals surface area contributed by atoms with Gasteiger partial charge in [0.1, 0.15) is 11.3 Å². The molecule has 1 atom stereocenters. The van der Waals surface area contributed by atoms with Crippen LogP contribution in [0.3, 0.4) is 0 Å². The number of rotatable bonds is 5. The highest BCUT2D eigenvalue weighted by Crippen LogP contribution is 2.37. The van der Waals surface area contributed by atoms with Crippen LogP contribution in [0, 0.1) is 5.92 Å². The molecule has 3 aromatic heterocycles. The van der Waals surface area contributed by atoms with Crippen molar-refractivity contribution in [1.82, 2.24) is 24.0 Å². The molecule has 1 aliphatic heterocycles. The second-order valence-electron chi connectivity index (χ2n) is 9.67. The molecular formula is C25H31ClN6O2S. The summed E-state index contributed by atoms with van der Waals surface area (Å²) < 4.78 is 11.3. The van der Waals surface area contributed by atoms with Crippen LogP contribution in [-0.2, 0) is 13.6 Å². The summed E-state index contributed by atoms with van der Waals surface area (Å²) in [5.41, 5.74) is 12.4. The molecule has 2 N–H and O–H groups in total. The second-order valence-corrected chi connectivity index (χ2v) is 10.6. The molecule has 0 spiro atoms. The molecule has 0 bridgehead atoms. The molecule has 6 rings (SSSR count). The van der Waals surface area contributed by atoms with E-state index in [4.69, 9.17) is 15.5 Å². The molecule has 2 aliphatic rings. The Balaban J connectivity index is 0.00000253. The Morgan fingerprint density at radius 1 is 1.23 bits per heavy atom. The lowest BCUT2D eigenvalue weighted by Gasteiger charge is -2.30. The topological polar surface area (TPSA) is 91.2 Å². The van der Waals surface area contributed by atoms with Gasteiger partial charge in [0.15, 0.2) is 11.5 Å². The summed E-state index contributed by atoms with van der Waals surface area (Å²) in [7, 11) is 3.66. The molecule has 1 amide bonds. The number of carbonyl (C=O) groups is 1. The van der Waals surface area contributed by atoms with Crippen LogP contribution in [0.1, 0.15) is 42.5 Å². The van der Waals surface area contributed by atoms with Crippen molar-refractivity contribution in [2.75, 3.05) is 20.2 Å². The number of piperidine rings is 1. The third-order valence-electron chi connectivity index (χ3n) is 7.43. The molecule has 186 valence electrons. The Bertz CT molecular complexity index is 1390. The average Bonchev–Trinajstić information content (AvgIpc) is 3.48. The number of hydrogen-bond acceptors (Lipinski definition) is 6. The van der Waals surface area contributed by atoms with Crippen molar-refractivity contribution in [3.8, 4) is 17.3 Å². The van der Waals surface area contributed by atoms with E-state index in [1.807, 2.05) is 29.6 Å². The molecule has 1 saturated carbocycles. The summed E-state index contributed by atoms with van der Waals surface area (Å²) >= 11 is 1.66. The van der Waals surface area contributed by atoms with Gasteiger partial charge < -0.3 is 24.5 Å². The van der Waals surface area contributed by atoms with Crippen molar-refractivity contribution in [2.45, 2.75) is 44.7 Å². The molecule has 2 fully saturated rings. The van der Waals surface area contributed by atoms with Gasteiger partial charge >= 0.3 is 0 Å². The van der Waals surface area contributed by atoms with Crippen LogP contribution in [-0.4, -0.2) is 56.2 Å². The molecule has 35 heavy (non-hydrogen) atoms. The Morgan fingerprint density at radius 2 is 2.06 bits per heavy atom. The quantitative estimate of drug-likeness (QED) is 0.425. The molecule has 1 saturated heterocycles. The molecule has 1 aromatic carbocycles. The van der Waals surface area contributed by atoms with Crippen LogP contribution in [0.25, 0.3) is 32.9 Å². The lowest BCUT2D eigenvalue weighted by Crippen LogP contribution is -2.45. The van der Waals surface area contributed by atoms with Crippen molar-refractivity contribution >= 4 is 51.0 Å². The van der Waals surface area contributed by atoms with Gasteiger partial charge in [-0.15, -0.1) is 23.7 Å². The first-order valence-corrected chi connectivity index (χ1v) is 12.9. The molecule has 10 heteroatoms. The Hall–Kier alpha value is -2.62. The fraction of sp³-hybridized carbons (Fsp3) is 0.480. The zero-order valence-electron chi connectivity index (χ0n) is 20.1. The summed E-state index contributed by atoms with van der Waals surface area (Å²) in [5, 5.41) is 0. The zero-order valence-corrected chi connectivity index (χ0v) is 21.7. The van der Waals surface area contributed by atoms with Crippen LogP contribution < -0.4 is 10.5 Å². The summed E-state index contributed by atoms with van der Waals surface area (Å²) in [6.45, 7) is 2.28. The SMILES string of the molecule is COc1cc(C(=O)N2CCC[C@@H](N)C2)cc2nc(-c3cc4scnc4n3CC3CCC3)n(C)c12.Cl. The minimum absolute atomic E-state index is 0. The van der Waals surface area contributed by atoms with E-state index in [9.17, 15) is 4.79 Å². The van der Waals surface area contributed by atoms with Crippen molar-refractivity contribution in [3.05, 3.63) is 29.3 Å². The number of aryl methyl sites for hydroxylation is 1. The van der Waals surface area contributed by atoms with E-state index < -0.39 is 0 Å². The first kappa shape index (κ1) is 24.1. The van der Waals surface area contributed by atoms with E-state index in [1.165, 1.54) is 24.0 Å². The average molecular weight is 515 g/mol. The number of carbonyl (C=O) groups excluding carboxylic acids is 1. The monoisotopic (exact) mass is 514 g/mol. The van der Waals surface area contributed by atoms with Gasteiger partial charge in [-0.1, -0.05) is 6.42 Å². The summed E-state index contributed by atoms with van der Waals surface area (Å²) in [6.07, 6.45) is 5.74. The maximum atomic E-state index is 13.3. The number of ether oxygens (including phenoxy) is 1. The molecular weight excluding hydrogens is 484 g/mol. The number of fused-ring (bicyclic) bond motifs is 2. The number of aromatic nitrogens is 4. The molecule has 4 heterocycles. The van der Waals surface area contributed by atoms with E-state index in [2.05, 4.69) is 20.2 Å². The highest BCUT2D eigenvalue weighted by Gasteiger charge is 2.27. The van der Waals surface area contributed by atoms with Crippen LogP contribution in [0.5, 0.6) is 5.75 Å². The smallest absolute Gasteiger partial charge is 0.254 e. The van der Waals surface area contributed by atoms with Gasteiger partial charge in [-0.05, 0) is 49.8 Å². The molecule has 4 aromatic rings. The summed E-state index contributed by atoms with van der Waals surface area (Å²) in [5.74, 6) is 2.20. The van der Waals surface area contributed by atoms with E-state index in [1.54, 1.807) is 18.4 Å². The number of imidazole rings is 1. The van der Waals surface area contributed by atoms with E-state index in [0.29, 0.717) is 23.8 Å². The lowest BCUT2D eigenvalue weighted by molar-refractivity contribution is 0.0708. The number of nitrogens with two attached hydrogens (primary N) is 1. The fourth-order valence-electron chi connectivity index (χ4n) is 5.37. The van der Waals surface area contributed by atoms with Crippen LogP contribution in [0.15, 0.2) is 23.7 Å². The minimum atomic E-state index is -0.0133. The van der Waals surface area contributed by atoms with Gasteiger partial charge in [0.2, 0.25) is 0 Å². The predicted octanol–water partition coefficient (Wildman–Crippen LogP) is 4.45. The molecule has 0 unspecified atom stereocenters. The molecule has 1 aliphatic carbocycles. The van der Waals surface area contributed by atoms with E-state index >= 15 is 0 Å². The van der Waals surface area contributed by atoms with Gasteiger partial charge in [-0.3, -0.25) is 4.79 Å². The van der Waals surface area contributed by atoms with Gasteiger partial charge in [-0.2, -0.15) is 0 Å². The number of thiazole rings is 1. The van der Waals surface area contributed by atoms with Gasteiger partial charge in [0, 0.05) is 38.3 Å². The third-order valence-corrected chi connectivity index (χ3v) is 8.20. The zero-order chi connectivity index (χ0) is 23.4. The third kappa shape index (κ3) is 4.09. The first-order chi connectivity index (χ1) is 16.5. The van der Waals surface area contributed by atoms with Crippen LogP contribution in [0.2, 0.25) is 0 Å². The van der Waals surface area contributed by atoms with Crippen LogP contribution >= 0.6 is 23.7 Å². The Kier molecular flexibility index (Phi) is 6.50. The number of methoxy groups -OCH3 is 1. The second kappa shape index (κ2) is 9.44. The van der Waals surface area contributed by atoms with Gasteiger partial charge in [0.05, 0.1) is 28.5 Å². The Morgan fingerprint density at radius 3 is 2.77 bits per heavy atom. The largest absolute Gasteiger partial charge is 0.494 e. The van der Waals surface area contributed by atoms with Crippen molar-refractivity contribution in [1.29, 1.82) is 0 Å². The van der Waals surface area contributed by atoms with Crippen LogP contribution in [0.4, 0.5) is 0 Å². The van der Waals surface area contributed by atoms with Crippen molar-refractivity contribution in [2.24, 2.45) is 18.7 Å². The maximum Gasteiger partial charge on any atom is 0.254 e. The normalized spacial score (nSPS) is 18.6. The number of nitrogens with zero attached hydrogens (tertiary/aromatic N) is 5. The summed E-state index contributed by atoms with van der Waals surface area (Å²) in [6, 6.07) is 5.96. The van der Waals surface area contributed by atoms with E-state index in [-0.39, 0.29) is 24.4 Å². The standard InChI is InChI=1S/C25H30N6O2S.ClH/c1-29-22-18(9-16(10-20(22)33-2)25(32)30-8-4-7-17(26)13-30)28-23(29)19-11-21-24(27-14-34-21)31(19)12-15-5-3-6-15;/h9-11,14-15,17H,3-8,12-13,26H2,1-2H3;1H/t17-;/m1./s1. The van der Waals surface area contributed by atoms with Crippen molar-refractivity contribution < 1.29 is 9.53 Å².